The molecule has 0 aromatic carbocycles. The Bertz CT molecular complexity index is 122. The normalized spacial score (nSPS) is 24.8. The average Bonchev–Trinajstić information content (AvgIpc) is 2.36. The predicted octanol–water partition coefficient (Wildman–Crippen LogP) is 2.52. The third kappa shape index (κ3) is 4.36. The van der Waals surface area contributed by atoms with Gasteiger partial charge in [0.15, 0.2) is 0 Å². The predicted molar refractivity (Wildman–Crippen MR) is 57.8 cm³/mol. The van der Waals surface area contributed by atoms with Crippen LogP contribution in [0, 0.1) is 5.92 Å². The zero-order valence-corrected chi connectivity index (χ0v) is 9.34. The van der Waals surface area contributed by atoms with E-state index in [0.717, 1.165) is 5.92 Å². The van der Waals surface area contributed by atoms with Crippen LogP contribution in [0.3, 0.4) is 0 Å². The lowest BCUT2D eigenvalue weighted by molar-refractivity contribution is 0.566. The van der Waals surface area contributed by atoms with Crippen LogP contribution in [0.1, 0.15) is 33.6 Å². The molecule has 2 heteroatoms. The van der Waals surface area contributed by atoms with Crippen molar-refractivity contribution in [3.05, 3.63) is 0 Å². The van der Waals surface area contributed by atoms with Crippen LogP contribution in [0.25, 0.3) is 0 Å². The molecule has 1 aliphatic heterocycles. The number of hydrogen-bond donors (Lipinski definition) is 1. The number of thioether (sulfide) groups is 1. The maximum Gasteiger partial charge on any atom is 0.00750 e. The van der Waals surface area contributed by atoms with Gasteiger partial charge in [-0.25, -0.2) is 0 Å². The van der Waals surface area contributed by atoms with Crippen LogP contribution in [0.5, 0.6) is 0 Å². The first-order valence-corrected chi connectivity index (χ1v) is 5.91. The van der Waals surface area contributed by atoms with E-state index in [9.17, 15) is 0 Å². The molecule has 0 bridgehead atoms. The lowest BCUT2D eigenvalue weighted by Crippen LogP contribution is -2.12. The van der Waals surface area contributed by atoms with Gasteiger partial charge in [-0.05, 0) is 37.6 Å². The van der Waals surface area contributed by atoms with E-state index in [1.807, 2.05) is 0 Å². The SMILES string of the molecule is CC(C)(C)SCCC1CCNC1. The Morgan fingerprint density at radius 3 is 2.67 bits per heavy atom. The molecule has 1 atom stereocenters. The molecule has 1 heterocycles. The summed E-state index contributed by atoms with van der Waals surface area (Å²) >= 11 is 2.09. The van der Waals surface area contributed by atoms with E-state index in [1.165, 1.54) is 31.7 Å². The molecular formula is C10H21NS. The molecule has 0 amide bonds. The molecule has 12 heavy (non-hydrogen) atoms. The fraction of sp³-hybridized carbons (Fsp3) is 1.00. The van der Waals surface area contributed by atoms with E-state index in [0.29, 0.717) is 4.75 Å². The van der Waals surface area contributed by atoms with Crippen LogP contribution in [0.2, 0.25) is 0 Å². The zero-order valence-electron chi connectivity index (χ0n) is 8.52. The Hall–Kier alpha value is 0.310. The monoisotopic (exact) mass is 187 g/mol. The van der Waals surface area contributed by atoms with Crippen molar-refractivity contribution in [3.8, 4) is 0 Å². The molecule has 0 radical (unpaired) electrons. The smallest absolute Gasteiger partial charge is 0.00750 e. The maximum absolute atomic E-state index is 3.41. The van der Waals surface area contributed by atoms with Crippen molar-refractivity contribution in [1.82, 2.24) is 5.32 Å². The molecule has 0 aromatic rings. The second-order valence-electron chi connectivity index (χ2n) is 4.61. The van der Waals surface area contributed by atoms with Crippen molar-refractivity contribution in [2.24, 2.45) is 5.92 Å². The minimum absolute atomic E-state index is 0.450. The van der Waals surface area contributed by atoms with E-state index < -0.39 is 0 Å². The Kier molecular flexibility index (Phi) is 3.91. The first-order chi connectivity index (χ1) is 5.58. The third-order valence-electron chi connectivity index (χ3n) is 2.22. The van der Waals surface area contributed by atoms with Crippen molar-refractivity contribution in [1.29, 1.82) is 0 Å². The fourth-order valence-corrected chi connectivity index (χ4v) is 2.56. The summed E-state index contributed by atoms with van der Waals surface area (Å²) in [5.41, 5.74) is 0. The van der Waals surface area contributed by atoms with Gasteiger partial charge in [0.05, 0.1) is 0 Å². The zero-order chi connectivity index (χ0) is 9.03. The highest BCUT2D eigenvalue weighted by molar-refractivity contribution is 8.00. The third-order valence-corrected chi connectivity index (χ3v) is 3.53. The van der Waals surface area contributed by atoms with Crippen LogP contribution in [0.15, 0.2) is 0 Å². The van der Waals surface area contributed by atoms with Gasteiger partial charge < -0.3 is 5.32 Å². The van der Waals surface area contributed by atoms with E-state index in [2.05, 4.69) is 37.8 Å². The van der Waals surface area contributed by atoms with Crippen LogP contribution < -0.4 is 5.32 Å². The summed E-state index contributed by atoms with van der Waals surface area (Å²) < 4.78 is 0.450. The van der Waals surface area contributed by atoms with Crippen molar-refractivity contribution < 1.29 is 0 Å². The van der Waals surface area contributed by atoms with E-state index in [1.54, 1.807) is 0 Å². The average molecular weight is 187 g/mol. The first kappa shape index (κ1) is 10.4. The number of rotatable bonds is 3. The number of hydrogen-bond acceptors (Lipinski definition) is 2. The van der Waals surface area contributed by atoms with Crippen molar-refractivity contribution in [2.45, 2.75) is 38.4 Å². The van der Waals surface area contributed by atoms with Crippen LogP contribution in [-0.2, 0) is 0 Å². The van der Waals surface area contributed by atoms with Gasteiger partial charge in [0, 0.05) is 4.75 Å². The highest BCUT2D eigenvalue weighted by Gasteiger charge is 2.16. The number of nitrogens with one attached hydrogen (secondary N) is 1. The lowest BCUT2D eigenvalue weighted by Gasteiger charge is -2.18. The molecule has 1 unspecified atom stereocenters. The van der Waals surface area contributed by atoms with Gasteiger partial charge >= 0.3 is 0 Å². The Labute approximate surface area is 80.7 Å². The highest BCUT2D eigenvalue weighted by atomic mass is 32.2. The molecule has 0 aromatic heterocycles. The summed E-state index contributed by atoms with van der Waals surface area (Å²) in [6, 6.07) is 0. The van der Waals surface area contributed by atoms with Gasteiger partial charge in [-0.2, -0.15) is 11.8 Å². The van der Waals surface area contributed by atoms with Crippen LogP contribution >= 0.6 is 11.8 Å². The maximum atomic E-state index is 3.41. The first-order valence-electron chi connectivity index (χ1n) is 4.92. The van der Waals surface area contributed by atoms with Gasteiger partial charge in [0.25, 0.3) is 0 Å². The molecule has 0 saturated carbocycles. The van der Waals surface area contributed by atoms with Crippen molar-refractivity contribution in [3.63, 3.8) is 0 Å². The largest absolute Gasteiger partial charge is 0.316 e. The second kappa shape index (κ2) is 4.52. The van der Waals surface area contributed by atoms with Crippen LogP contribution in [0.4, 0.5) is 0 Å². The molecule has 0 spiro atoms. The molecule has 1 saturated heterocycles. The molecule has 1 N–H and O–H groups in total. The second-order valence-corrected chi connectivity index (χ2v) is 6.53. The van der Waals surface area contributed by atoms with E-state index >= 15 is 0 Å². The summed E-state index contributed by atoms with van der Waals surface area (Å²) in [6.07, 6.45) is 2.79. The standard InChI is InChI=1S/C10H21NS/c1-10(2,3)12-7-5-9-4-6-11-8-9/h9,11H,4-8H2,1-3H3. The van der Waals surface area contributed by atoms with Crippen LogP contribution in [-0.4, -0.2) is 23.6 Å². The molecular weight excluding hydrogens is 166 g/mol. The Balaban J connectivity index is 2.02. The fourth-order valence-electron chi connectivity index (χ4n) is 1.49. The quantitative estimate of drug-likeness (QED) is 0.728. The Morgan fingerprint density at radius 1 is 1.42 bits per heavy atom. The minimum Gasteiger partial charge on any atom is -0.316 e. The summed E-state index contributed by atoms with van der Waals surface area (Å²) in [7, 11) is 0. The minimum atomic E-state index is 0.450. The molecule has 1 fully saturated rings. The van der Waals surface area contributed by atoms with Gasteiger partial charge in [0.2, 0.25) is 0 Å². The summed E-state index contributed by atoms with van der Waals surface area (Å²) in [5, 5.41) is 3.41. The molecule has 72 valence electrons. The van der Waals surface area contributed by atoms with Gasteiger partial charge in [-0.3, -0.25) is 0 Å². The lowest BCUT2D eigenvalue weighted by atomic mass is 10.1. The summed E-state index contributed by atoms with van der Waals surface area (Å²) in [6.45, 7) is 9.38. The van der Waals surface area contributed by atoms with Gasteiger partial charge in [-0.1, -0.05) is 20.8 Å². The topological polar surface area (TPSA) is 12.0 Å². The van der Waals surface area contributed by atoms with E-state index in [4.69, 9.17) is 0 Å². The van der Waals surface area contributed by atoms with Gasteiger partial charge in [0.1, 0.15) is 0 Å². The summed E-state index contributed by atoms with van der Waals surface area (Å²) in [4.78, 5) is 0. The van der Waals surface area contributed by atoms with Crippen molar-refractivity contribution >= 4 is 11.8 Å². The molecule has 0 aliphatic carbocycles. The molecule has 1 rings (SSSR count). The van der Waals surface area contributed by atoms with E-state index in [-0.39, 0.29) is 0 Å². The summed E-state index contributed by atoms with van der Waals surface area (Å²) in [5.74, 6) is 2.29. The Morgan fingerprint density at radius 2 is 2.17 bits per heavy atom. The van der Waals surface area contributed by atoms with Crippen molar-refractivity contribution in [2.75, 3.05) is 18.8 Å². The highest BCUT2D eigenvalue weighted by Crippen LogP contribution is 2.26. The molecule has 1 nitrogen and oxygen atoms in total. The van der Waals surface area contributed by atoms with Gasteiger partial charge in [-0.15, -0.1) is 0 Å². The molecule has 1 aliphatic rings.